The Labute approximate surface area is 103 Å². The molecule has 88 valence electrons. The maximum Gasteiger partial charge on any atom is 0.104 e. The van der Waals surface area contributed by atoms with E-state index in [2.05, 4.69) is 19.1 Å². The van der Waals surface area contributed by atoms with Crippen molar-refractivity contribution < 1.29 is 5.11 Å². The Morgan fingerprint density at radius 3 is 1.82 bits per heavy atom. The van der Waals surface area contributed by atoms with Gasteiger partial charge in [0, 0.05) is 0 Å². The molecule has 1 heteroatoms. The predicted molar refractivity (Wildman–Crippen MR) is 71.1 cm³/mol. The zero-order valence-electron chi connectivity index (χ0n) is 10.4. The summed E-state index contributed by atoms with van der Waals surface area (Å²) in [5.41, 5.74) is 4.40. The summed E-state index contributed by atoms with van der Waals surface area (Å²) in [4.78, 5) is 0. The molecular weight excluding hydrogens is 208 g/mol. The molecule has 0 spiro atoms. The number of aliphatic hydroxyl groups is 1. The fourth-order valence-corrected chi connectivity index (χ4v) is 1.88. The molecule has 1 nitrogen and oxygen atoms in total. The summed E-state index contributed by atoms with van der Waals surface area (Å²) >= 11 is 0. The molecule has 0 aliphatic carbocycles. The summed E-state index contributed by atoms with van der Waals surface area (Å²) in [5.74, 6) is 0. The Kier molecular flexibility index (Phi) is 3.60. The third kappa shape index (κ3) is 2.75. The van der Waals surface area contributed by atoms with Crippen LogP contribution in [0.1, 0.15) is 35.3 Å². The van der Waals surface area contributed by atoms with Crippen LogP contribution in [0, 0.1) is 6.92 Å². The third-order valence-corrected chi connectivity index (χ3v) is 3.10. The maximum absolute atomic E-state index is 10.2. The van der Waals surface area contributed by atoms with Crippen molar-refractivity contribution in [1.82, 2.24) is 0 Å². The van der Waals surface area contributed by atoms with Gasteiger partial charge in [-0.05, 0) is 30.0 Å². The molecule has 0 radical (unpaired) electrons. The molecule has 0 amide bonds. The summed E-state index contributed by atoms with van der Waals surface area (Å²) in [6.45, 7) is 4.18. The van der Waals surface area contributed by atoms with Crippen molar-refractivity contribution in [3.05, 3.63) is 70.8 Å². The molecule has 0 bridgehead atoms. The van der Waals surface area contributed by atoms with Gasteiger partial charge in [0.05, 0.1) is 0 Å². The molecule has 2 rings (SSSR count). The molecule has 2 aromatic carbocycles. The molecule has 1 atom stereocenters. The first-order valence-electron chi connectivity index (χ1n) is 6.04. The molecule has 0 heterocycles. The smallest absolute Gasteiger partial charge is 0.104 e. The Bertz CT molecular complexity index is 468. The largest absolute Gasteiger partial charge is 0.384 e. The average molecular weight is 226 g/mol. The zero-order chi connectivity index (χ0) is 12.3. The van der Waals surface area contributed by atoms with E-state index in [1.807, 2.05) is 43.3 Å². The van der Waals surface area contributed by atoms with Gasteiger partial charge in [-0.2, -0.15) is 0 Å². The van der Waals surface area contributed by atoms with Crippen molar-refractivity contribution in [1.29, 1.82) is 0 Å². The Hall–Kier alpha value is -1.60. The van der Waals surface area contributed by atoms with Crippen LogP contribution >= 0.6 is 0 Å². The number of rotatable bonds is 3. The standard InChI is InChI=1S/C16H18O/c1-3-13-6-10-15(11-7-13)16(17)14-8-4-12(2)5-9-14/h4-11,16-17H,3H2,1-2H3/t16-/m1/s1. The molecule has 0 fully saturated rings. The fourth-order valence-electron chi connectivity index (χ4n) is 1.88. The lowest BCUT2D eigenvalue weighted by molar-refractivity contribution is 0.220. The highest BCUT2D eigenvalue weighted by Crippen LogP contribution is 2.22. The van der Waals surface area contributed by atoms with Crippen LogP contribution in [0.15, 0.2) is 48.5 Å². The first-order valence-corrected chi connectivity index (χ1v) is 6.04. The number of aryl methyl sites for hydroxylation is 2. The van der Waals surface area contributed by atoms with Gasteiger partial charge in [0.2, 0.25) is 0 Å². The van der Waals surface area contributed by atoms with Crippen molar-refractivity contribution in [3.63, 3.8) is 0 Å². The minimum atomic E-state index is -0.526. The highest BCUT2D eigenvalue weighted by atomic mass is 16.3. The van der Waals surface area contributed by atoms with Crippen LogP contribution in [0.2, 0.25) is 0 Å². The fraction of sp³-hybridized carbons (Fsp3) is 0.250. The summed E-state index contributed by atoms with van der Waals surface area (Å²) in [6.07, 6.45) is 0.502. The lowest BCUT2D eigenvalue weighted by atomic mass is 9.99. The van der Waals surface area contributed by atoms with Crippen molar-refractivity contribution in [2.24, 2.45) is 0 Å². The number of hydrogen-bond donors (Lipinski definition) is 1. The maximum atomic E-state index is 10.2. The second-order valence-electron chi connectivity index (χ2n) is 4.41. The highest BCUT2D eigenvalue weighted by molar-refractivity contribution is 5.33. The minimum absolute atomic E-state index is 0.526. The van der Waals surface area contributed by atoms with E-state index in [1.54, 1.807) is 0 Å². The topological polar surface area (TPSA) is 20.2 Å². The third-order valence-electron chi connectivity index (χ3n) is 3.10. The quantitative estimate of drug-likeness (QED) is 0.847. The van der Waals surface area contributed by atoms with Crippen LogP contribution in [-0.2, 0) is 6.42 Å². The van der Waals surface area contributed by atoms with Gasteiger partial charge >= 0.3 is 0 Å². The predicted octanol–water partition coefficient (Wildman–Crippen LogP) is 3.64. The minimum Gasteiger partial charge on any atom is -0.384 e. The van der Waals surface area contributed by atoms with Crippen molar-refractivity contribution in [2.75, 3.05) is 0 Å². The van der Waals surface area contributed by atoms with Crippen LogP contribution < -0.4 is 0 Å². The van der Waals surface area contributed by atoms with Gasteiger partial charge in [0.1, 0.15) is 6.10 Å². The van der Waals surface area contributed by atoms with Crippen LogP contribution in [0.25, 0.3) is 0 Å². The summed E-state index contributed by atoms with van der Waals surface area (Å²) in [5, 5.41) is 10.2. The molecule has 0 aliphatic rings. The van der Waals surface area contributed by atoms with E-state index in [9.17, 15) is 5.11 Å². The van der Waals surface area contributed by atoms with Crippen molar-refractivity contribution in [3.8, 4) is 0 Å². The lowest BCUT2D eigenvalue weighted by Crippen LogP contribution is -1.99. The highest BCUT2D eigenvalue weighted by Gasteiger charge is 2.09. The first-order chi connectivity index (χ1) is 8.20. The van der Waals surface area contributed by atoms with Crippen LogP contribution in [0.5, 0.6) is 0 Å². The van der Waals surface area contributed by atoms with Gasteiger partial charge in [-0.3, -0.25) is 0 Å². The molecule has 17 heavy (non-hydrogen) atoms. The molecule has 0 saturated carbocycles. The van der Waals surface area contributed by atoms with E-state index in [0.717, 1.165) is 17.5 Å². The molecule has 0 unspecified atom stereocenters. The monoisotopic (exact) mass is 226 g/mol. The Balaban J connectivity index is 2.23. The number of benzene rings is 2. The normalized spacial score (nSPS) is 12.4. The molecule has 1 N–H and O–H groups in total. The van der Waals surface area contributed by atoms with E-state index in [1.165, 1.54) is 11.1 Å². The number of aliphatic hydroxyl groups excluding tert-OH is 1. The van der Waals surface area contributed by atoms with Crippen LogP contribution in [0.3, 0.4) is 0 Å². The molecular formula is C16H18O. The van der Waals surface area contributed by atoms with Gasteiger partial charge in [0.15, 0.2) is 0 Å². The van der Waals surface area contributed by atoms with E-state index >= 15 is 0 Å². The number of hydrogen-bond acceptors (Lipinski definition) is 1. The second kappa shape index (κ2) is 5.15. The Morgan fingerprint density at radius 1 is 0.882 bits per heavy atom. The Morgan fingerprint density at radius 2 is 1.35 bits per heavy atom. The van der Waals surface area contributed by atoms with Gasteiger partial charge < -0.3 is 5.11 Å². The van der Waals surface area contributed by atoms with Gasteiger partial charge in [-0.25, -0.2) is 0 Å². The van der Waals surface area contributed by atoms with E-state index in [0.29, 0.717) is 0 Å². The lowest BCUT2D eigenvalue weighted by Gasteiger charge is -2.12. The molecule has 2 aromatic rings. The van der Waals surface area contributed by atoms with E-state index in [4.69, 9.17) is 0 Å². The van der Waals surface area contributed by atoms with Gasteiger partial charge in [0.25, 0.3) is 0 Å². The first kappa shape index (κ1) is 11.9. The SMILES string of the molecule is CCc1ccc([C@H](O)c2ccc(C)cc2)cc1. The average Bonchev–Trinajstić information content (AvgIpc) is 2.39. The van der Waals surface area contributed by atoms with Gasteiger partial charge in [-0.1, -0.05) is 61.0 Å². The molecule has 0 aromatic heterocycles. The van der Waals surface area contributed by atoms with Crippen LogP contribution in [-0.4, -0.2) is 5.11 Å². The summed E-state index contributed by atoms with van der Waals surface area (Å²) in [6, 6.07) is 16.2. The van der Waals surface area contributed by atoms with E-state index in [-0.39, 0.29) is 0 Å². The van der Waals surface area contributed by atoms with Gasteiger partial charge in [-0.15, -0.1) is 0 Å². The summed E-state index contributed by atoms with van der Waals surface area (Å²) in [7, 11) is 0. The zero-order valence-corrected chi connectivity index (χ0v) is 10.4. The molecule has 0 aliphatic heterocycles. The van der Waals surface area contributed by atoms with Crippen molar-refractivity contribution >= 4 is 0 Å². The van der Waals surface area contributed by atoms with E-state index < -0.39 is 6.10 Å². The second-order valence-corrected chi connectivity index (χ2v) is 4.41. The van der Waals surface area contributed by atoms with Crippen molar-refractivity contribution in [2.45, 2.75) is 26.4 Å². The molecule has 0 saturated heterocycles. The van der Waals surface area contributed by atoms with Crippen LogP contribution in [0.4, 0.5) is 0 Å². The summed E-state index contributed by atoms with van der Waals surface area (Å²) < 4.78 is 0.